The van der Waals surface area contributed by atoms with E-state index in [0.717, 1.165) is 12.5 Å². The summed E-state index contributed by atoms with van der Waals surface area (Å²) in [5.41, 5.74) is 1.56. The van der Waals surface area contributed by atoms with Gasteiger partial charge in [-0.1, -0.05) is 44.4 Å². The van der Waals surface area contributed by atoms with Crippen molar-refractivity contribution in [3.63, 3.8) is 0 Å². The van der Waals surface area contributed by atoms with E-state index < -0.39 is 0 Å². The van der Waals surface area contributed by atoms with Gasteiger partial charge in [-0.25, -0.2) is 0 Å². The van der Waals surface area contributed by atoms with Crippen LogP contribution in [0.4, 0.5) is 0 Å². The molecule has 0 aromatic carbocycles. The molecule has 0 aromatic rings. The van der Waals surface area contributed by atoms with Crippen LogP contribution in [0.25, 0.3) is 0 Å². The van der Waals surface area contributed by atoms with Gasteiger partial charge in [0.05, 0.1) is 0 Å². The smallest absolute Gasteiger partial charge is 0.0149 e. The Morgan fingerprint density at radius 2 is 1.92 bits per heavy atom. The third-order valence-electron chi connectivity index (χ3n) is 2.40. The number of nitrogens with one attached hydrogen (secondary N) is 1. The molecule has 0 radical (unpaired) electrons. The van der Waals surface area contributed by atoms with Crippen LogP contribution in [0.2, 0.25) is 0 Å². The van der Waals surface area contributed by atoms with Crippen LogP contribution in [0.15, 0.2) is 11.6 Å². The number of rotatable bonds is 6. The Morgan fingerprint density at radius 1 is 1.33 bits per heavy atom. The van der Waals surface area contributed by atoms with Gasteiger partial charge in [-0.3, -0.25) is 0 Å². The fraction of sp³-hybridized carbons (Fsp3) is 0.800. The Balaban J connectivity index is 3.60. The van der Waals surface area contributed by atoms with Gasteiger partial charge in [0.25, 0.3) is 0 Å². The van der Waals surface area contributed by atoms with E-state index in [2.05, 4.69) is 26.1 Å². The van der Waals surface area contributed by atoms with Crippen LogP contribution in [0, 0.1) is 5.92 Å². The van der Waals surface area contributed by atoms with Crippen molar-refractivity contribution in [2.24, 2.45) is 5.92 Å². The van der Waals surface area contributed by atoms with Crippen molar-refractivity contribution in [2.45, 2.75) is 39.7 Å². The predicted molar refractivity (Wildman–Crippen MR) is 56.5 cm³/mol. The van der Waals surface area contributed by atoms with Gasteiger partial charge < -0.3 is 5.32 Å². The van der Waals surface area contributed by atoms with E-state index in [1.165, 1.54) is 12.8 Å². The summed E-state index contributed by atoms with van der Waals surface area (Å²) in [6.07, 6.45) is 4.42. The summed E-state index contributed by atoms with van der Waals surface area (Å²) in [6, 6.07) is 0.591. The summed E-state index contributed by atoms with van der Waals surface area (Å²) < 4.78 is 0. The molecule has 0 heterocycles. The van der Waals surface area contributed by atoms with Crippen LogP contribution >= 0.6 is 11.6 Å². The summed E-state index contributed by atoms with van der Waals surface area (Å²) in [5.74, 6) is 0.786. The monoisotopic (exact) mass is 189 g/mol. The Kier molecular flexibility index (Phi) is 7.62. The Labute approximate surface area is 81.2 Å². The van der Waals surface area contributed by atoms with E-state index in [9.17, 15) is 0 Å². The standard InChI is InChI=1S/C10H20ClN/c1-4-10(5-2)9(3)12-8-6-7-11/h6-7,9-10,12H,4-5,8H2,1-3H3/b7-6+. The highest BCUT2D eigenvalue weighted by Gasteiger charge is 2.11. The molecule has 1 N–H and O–H groups in total. The molecule has 12 heavy (non-hydrogen) atoms. The second-order valence-electron chi connectivity index (χ2n) is 3.14. The van der Waals surface area contributed by atoms with Crippen LogP contribution in [0.5, 0.6) is 0 Å². The molecule has 72 valence electrons. The number of hydrogen-bond donors (Lipinski definition) is 1. The highest BCUT2D eigenvalue weighted by molar-refractivity contribution is 6.25. The first kappa shape index (κ1) is 12.0. The lowest BCUT2D eigenvalue weighted by Gasteiger charge is -2.21. The summed E-state index contributed by atoms with van der Waals surface area (Å²) in [5, 5.41) is 3.41. The maximum Gasteiger partial charge on any atom is 0.0149 e. The molecule has 1 unspecified atom stereocenters. The molecule has 0 aliphatic heterocycles. The lowest BCUT2D eigenvalue weighted by atomic mass is 9.96. The number of hydrogen-bond acceptors (Lipinski definition) is 1. The van der Waals surface area contributed by atoms with Crippen molar-refractivity contribution in [3.05, 3.63) is 11.6 Å². The average molecular weight is 190 g/mol. The van der Waals surface area contributed by atoms with Gasteiger partial charge in [0.1, 0.15) is 0 Å². The lowest BCUT2D eigenvalue weighted by Crippen LogP contribution is -2.33. The largest absolute Gasteiger partial charge is 0.310 e. The molecular formula is C10H20ClN. The molecule has 1 atom stereocenters. The molecule has 1 nitrogen and oxygen atoms in total. The fourth-order valence-electron chi connectivity index (χ4n) is 1.46. The second-order valence-corrected chi connectivity index (χ2v) is 3.39. The van der Waals surface area contributed by atoms with Gasteiger partial charge in [0.2, 0.25) is 0 Å². The van der Waals surface area contributed by atoms with E-state index in [-0.39, 0.29) is 0 Å². The van der Waals surface area contributed by atoms with Crippen LogP contribution in [0.3, 0.4) is 0 Å². The third kappa shape index (κ3) is 4.78. The third-order valence-corrected chi connectivity index (χ3v) is 2.58. The quantitative estimate of drug-likeness (QED) is 0.677. The molecule has 0 amide bonds. The molecule has 0 fully saturated rings. The molecule has 0 aliphatic carbocycles. The molecule has 0 spiro atoms. The second kappa shape index (κ2) is 7.63. The predicted octanol–water partition coefficient (Wildman–Crippen LogP) is 3.15. The topological polar surface area (TPSA) is 12.0 Å². The van der Waals surface area contributed by atoms with Crippen molar-refractivity contribution in [2.75, 3.05) is 6.54 Å². The van der Waals surface area contributed by atoms with E-state index in [0.29, 0.717) is 6.04 Å². The van der Waals surface area contributed by atoms with E-state index in [1.54, 1.807) is 5.54 Å². The first-order chi connectivity index (χ1) is 5.76. The fourth-order valence-corrected chi connectivity index (χ4v) is 1.55. The highest BCUT2D eigenvalue weighted by Crippen LogP contribution is 2.11. The Bertz CT molecular complexity index is 119. The Morgan fingerprint density at radius 3 is 2.33 bits per heavy atom. The molecule has 0 saturated heterocycles. The van der Waals surface area contributed by atoms with Crippen LogP contribution in [0.1, 0.15) is 33.6 Å². The minimum Gasteiger partial charge on any atom is -0.310 e. The van der Waals surface area contributed by atoms with Crippen molar-refractivity contribution in [3.8, 4) is 0 Å². The van der Waals surface area contributed by atoms with Gasteiger partial charge in [-0.15, -0.1) is 0 Å². The molecule has 0 aliphatic rings. The summed E-state index contributed by atoms with van der Waals surface area (Å²) >= 11 is 5.41. The number of halogens is 1. The lowest BCUT2D eigenvalue weighted by molar-refractivity contribution is 0.364. The van der Waals surface area contributed by atoms with Crippen LogP contribution in [-0.4, -0.2) is 12.6 Å². The minimum atomic E-state index is 0.591. The van der Waals surface area contributed by atoms with Gasteiger partial charge in [0.15, 0.2) is 0 Å². The first-order valence-corrected chi connectivity index (χ1v) is 5.18. The zero-order valence-electron chi connectivity index (χ0n) is 8.31. The van der Waals surface area contributed by atoms with Crippen molar-refractivity contribution < 1.29 is 0 Å². The van der Waals surface area contributed by atoms with Gasteiger partial charge in [-0.05, 0) is 12.8 Å². The van der Waals surface area contributed by atoms with E-state index in [4.69, 9.17) is 11.6 Å². The molecule has 2 heteroatoms. The normalized spacial score (nSPS) is 14.4. The molecular weight excluding hydrogens is 170 g/mol. The molecule has 0 aromatic heterocycles. The average Bonchev–Trinajstić information content (AvgIpc) is 2.07. The maximum atomic E-state index is 5.41. The first-order valence-electron chi connectivity index (χ1n) is 4.74. The molecule has 0 rings (SSSR count). The Hall–Kier alpha value is -0.0100. The highest BCUT2D eigenvalue weighted by atomic mass is 35.5. The zero-order chi connectivity index (χ0) is 9.40. The van der Waals surface area contributed by atoms with Gasteiger partial charge >= 0.3 is 0 Å². The van der Waals surface area contributed by atoms with Crippen molar-refractivity contribution in [1.82, 2.24) is 5.32 Å². The van der Waals surface area contributed by atoms with Gasteiger partial charge in [0, 0.05) is 18.1 Å². The zero-order valence-corrected chi connectivity index (χ0v) is 9.06. The molecule has 0 bridgehead atoms. The van der Waals surface area contributed by atoms with Crippen LogP contribution < -0.4 is 5.32 Å². The minimum absolute atomic E-state index is 0.591. The van der Waals surface area contributed by atoms with Crippen molar-refractivity contribution >= 4 is 11.6 Å². The van der Waals surface area contributed by atoms with Crippen molar-refractivity contribution in [1.29, 1.82) is 0 Å². The van der Waals surface area contributed by atoms with Crippen LogP contribution in [-0.2, 0) is 0 Å². The summed E-state index contributed by atoms with van der Waals surface area (Å²) in [7, 11) is 0. The van der Waals surface area contributed by atoms with E-state index in [1.807, 2.05) is 6.08 Å². The SMILES string of the molecule is CCC(CC)C(C)NC/C=C/Cl. The maximum absolute atomic E-state index is 5.41. The molecule has 0 saturated carbocycles. The summed E-state index contributed by atoms with van der Waals surface area (Å²) in [4.78, 5) is 0. The van der Waals surface area contributed by atoms with E-state index >= 15 is 0 Å². The van der Waals surface area contributed by atoms with Gasteiger partial charge in [-0.2, -0.15) is 0 Å². The summed E-state index contributed by atoms with van der Waals surface area (Å²) in [6.45, 7) is 7.59.